The van der Waals surface area contributed by atoms with Gasteiger partial charge in [-0.2, -0.15) is 13.2 Å². The summed E-state index contributed by atoms with van der Waals surface area (Å²) in [7, 11) is 1.45. The van der Waals surface area contributed by atoms with Gasteiger partial charge in [0.05, 0.1) is 11.2 Å². The van der Waals surface area contributed by atoms with Gasteiger partial charge in [-0.15, -0.1) is 0 Å². The monoisotopic (exact) mass is 552 g/mol. The number of ether oxygens (including phenoxy) is 1. The van der Waals surface area contributed by atoms with E-state index < -0.39 is 54.4 Å². The molecule has 2 amide bonds. The van der Waals surface area contributed by atoms with E-state index in [1.54, 1.807) is 13.0 Å². The summed E-state index contributed by atoms with van der Waals surface area (Å²) in [5.41, 5.74) is -0.194. The largest absolute Gasteiger partial charge is 0.481 e. The van der Waals surface area contributed by atoms with Crippen LogP contribution in [0.1, 0.15) is 35.9 Å². The second-order valence-corrected chi connectivity index (χ2v) is 9.30. The lowest BCUT2D eigenvalue weighted by molar-refractivity contribution is -0.153. The molecule has 210 valence electrons. The van der Waals surface area contributed by atoms with Crippen LogP contribution in [0.3, 0.4) is 0 Å². The van der Waals surface area contributed by atoms with Gasteiger partial charge in [-0.25, -0.2) is 4.39 Å². The number of piperidine rings is 1. The second-order valence-electron chi connectivity index (χ2n) is 9.30. The third-order valence-corrected chi connectivity index (χ3v) is 6.74. The summed E-state index contributed by atoms with van der Waals surface area (Å²) in [5.74, 6) is -2.30. The lowest BCUT2D eigenvalue weighted by Crippen LogP contribution is -2.47. The molecule has 1 aliphatic rings. The van der Waals surface area contributed by atoms with Gasteiger partial charge in [0.1, 0.15) is 17.8 Å². The first-order chi connectivity index (χ1) is 18.4. The summed E-state index contributed by atoms with van der Waals surface area (Å²) in [6.45, 7) is -0.0190. The molecule has 1 aromatic carbocycles. The molecule has 4 rings (SSSR count). The maximum absolute atomic E-state index is 14.0. The minimum atomic E-state index is -4.74. The molecular weight excluding hydrogens is 524 g/mol. The van der Waals surface area contributed by atoms with Crippen LogP contribution in [-0.4, -0.2) is 69.5 Å². The summed E-state index contributed by atoms with van der Waals surface area (Å²) < 4.78 is 61.2. The molecule has 1 saturated heterocycles. The van der Waals surface area contributed by atoms with E-state index in [0.29, 0.717) is 25.0 Å². The molecule has 0 bridgehead atoms. The molecule has 0 radical (unpaired) electrons. The summed E-state index contributed by atoms with van der Waals surface area (Å²) in [4.78, 5) is 40.3. The normalized spacial score (nSPS) is 14.6. The van der Waals surface area contributed by atoms with Crippen molar-refractivity contribution in [3.8, 4) is 11.4 Å². The van der Waals surface area contributed by atoms with Crippen molar-refractivity contribution >= 4 is 22.7 Å². The number of nitrogens with one attached hydrogen (secondary N) is 1. The Morgan fingerprint density at radius 3 is 2.46 bits per heavy atom. The number of hydrogen-bond donors (Lipinski definition) is 2. The third kappa shape index (κ3) is 5.77. The van der Waals surface area contributed by atoms with Crippen LogP contribution in [0.15, 0.2) is 35.1 Å². The number of aromatic nitrogens is 2. The number of likely N-dealkylation sites (tertiary alicyclic amines) is 1. The Morgan fingerprint density at radius 2 is 1.87 bits per heavy atom. The molecule has 2 aromatic heterocycles. The number of alkyl halides is 3. The summed E-state index contributed by atoms with van der Waals surface area (Å²) >= 11 is 0. The number of aryl methyl sites for hydroxylation is 2. The average Bonchev–Trinajstić information content (AvgIpc) is 3.18. The maximum atomic E-state index is 14.0. The first-order valence-electron chi connectivity index (χ1n) is 12.4. The number of aliphatic hydroxyl groups excluding tert-OH is 1. The highest BCUT2D eigenvalue weighted by atomic mass is 19.4. The fourth-order valence-electron chi connectivity index (χ4n) is 4.85. The Morgan fingerprint density at radius 1 is 1.18 bits per heavy atom. The summed E-state index contributed by atoms with van der Waals surface area (Å²) in [6, 6.07) is 6.40. The highest BCUT2D eigenvalue weighted by Gasteiger charge is 2.34. The lowest BCUT2D eigenvalue weighted by Gasteiger charge is -2.32. The van der Waals surface area contributed by atoms with Crippen molar-refractivity contribution in [2.45, 2.75) is 38.4 Å². The first kappa shape index (κ1) is 28.1. The average molecular weight is 553 g/mol. The van der Waals surface area contributed by atoms with Crippen molar-refractivity contribution in [1.82, 2.24) is 19.4 Å². The number of aliphatic hydroxyl groups is 1. The van der Waals surface area contributed by atoms with Gasteiger partial charge in [0.2, 0.25) is 5.91 Å². The fraction of sp³-hybridized carbons (Fsp3) is 0.423. The molecular formula is C26H28F4N4O5. The van der Waals surface area contributed by atoms with Crippen molar-refractivity contribution < 1.29 is 37.0 Å². The number of carbonyl (C=O) groups excluding carboxylic acids is 2. The predicted molar refractivity (Wildman–Crippen MR) is 134 cm³/mol. The number of benzene rings is 1. The smallest absolute Gasteiger partial charge is 0.422 e. The molecule has 1 fully saturated rings. The van der Waals surface area contributed by atoms with E-state index in [2.05, 4.69) is 5.32 Å². The molecule has 0 spiro atoms. The van der Waals surface area contributed by atoms with Crippen molar-refractivity contribution in [3.05, 3.63) is 57.9 Å². The van der Waals surface area contributed by atoms with Crippen molar-refractivity contribution in [2.24, 2.45) is 7.05 Å². The highest BCUT2D eigenvalue weighted by Crippen LogP contribution is 2.33. The molecule has 1 aliphatic heterocycles. The third-order valence-electron chi connectivity index (χ3n) is 6.74. The second kappa shape index (κ2) is 11.1. The predicted octanol–water partition coefficient (Wildman–Crippen LogP) is 2.68. The standard InChI is InChI=1S/C26H28F4N4O5/c1-3-17-12-19-21(25(38)34(17)18-6-4-5-15(27)11-18)23(39-14-26(28,29)30)22(32(19)2)24(37)31-16-7-9-33(10-8-16)20(36)13-35/h4-6,11-12,16,35H,3,7-10,13-14H2,1-2H3,(H,31,37). The first-order valence-corrected chi connectivity index (χ1v) is 12.4. The van der Waals surface area contributed by atoms with Crippen molar-refractivity contribution in [1.29, 1.82) is 0 Å². The number of rotatable bonds is 7. The Hall–Kier alpha value is -3.87. The van der Waals surface area contributed by atoms with E-state index in [-0.39, 0.29) is 35.4 Å². The summed E-state index contributed by atoms with van der Waals surface area (Å²) in [6.07, 6.45) is -3.68. The molecule has 9 nitrogen and oxygen atoms in total. The molecule has 0 saturated carbocycles. The highest BCUT2D eigenvalue weighted by molar-refractivity contribution is 6.04. The quantitative estimate of drug-likeness (QED) is 0.439. The lowest BCUT2D eigenvalue weighted by atomic mass is 10.0. The van der Waals surface area contributed by atoms with Gasteiger partial charge in [-0.3, -0.25) is 19.0 Å². The molecule has 0 unspecified atom stereocenters. The van der Waals surface area contributed by atoms with Gasteiger partial charge in [0, 0.05) is 31.9 Å². The zero-order valence-corrected chi connectivity index (χ0v) is 21.3. The van der Waals surface area contributed by atoms with Crippen LogP contribution in [-0.2, 0) is 18.3 Å². The number of amides is 2. The fourth-order valence-corrected chi connectivity index (χ4v) is 4.85. The van der Waals surface area contributed by atoms with Crippen molar-refractivity contribution in [2.75, 3.05) is 26.3 Å². The number of nitrogens with zero attached hydrogens (tertiary/aromatic N) is 3. The topological polar surface area (TPSA) is 106 Å². The number of carbonyl (C=O) groups is 2. The van der Waals surface area contributed by atoms with E-state index >= 15 is 0 Å². The van der Waals surface area contributed by atoms with E-state index in [9.17, 15) is 31.9 Å². The van der Waals surface area contributed by atoms with Gasteiger partial charge in [0.15, 0.2) is 18.1 Å². The van der Waals surface area contributed by atoms with Crippen LogP contribution in [0.2, 0.25) is 0 Å². The van der Waals surface area contributed by atoms with E-state index in [1.807, 2.05) is 0 Å². The zero-order valence-electron chi connectivity index (χ0n) is 21.3. The van der Waals surface area contributed by atoms with Crippen LogP contribution < -0.4 is 15.6 Å². The molecule has 0 atom stereocenters. The molecule has 13 heteroatoms. The van der Waals surface area contributed by atoms with Crippen LogP contribution in [0.25, 0.3) is 16.6 Å². The van der Waals surface area contributed by atoms with Gasteiger partial charge in [-0.05, 0) is 43.5 Å². The van der Waals surface area contributed by atoms with Gasteiger partial charge in [0.25, 0.3) is 11.5 Å². The molecule has 3 heterocycles. The van der Waals surface area contributed by atoms with Crippen molar-refractivity contribution in [3.63, 3.8) is 0 Å². The van der Waals surface area contributed by atoms with E-state index in [0.717, 1.165) is 6.07 Å². The molecule has 2 N–H and O–H groups in total. The SMILES string of the molecule is CCc1cc2c(c(OCC(F)(F)F)c(C(=O)NC3CCN(C(=O)CO)CC3)n2C)c(=O)n1-c1cccc(F)c1. The number of pyridine rings is 1. The van der Waals surface area contributed by atoms with Gasteiger partial charge < -0.3 is 24.6 Å². The number of hydrogen-bond acceptors (Lipinski definition) is 5. The van der Waals surface area contributed by atoms with Crippen LogP contribution in [0.5, 0.6) is 5.75 Å². The Labute approximate surface area is 220 Å². The number of fused-ring (bicyclic) bond motifs is 1. The van der Waals surface area contributed by atoms with Gasteiger partial charge >= 0.3 is 6.18 Å². The zero-order chi connectivity index (χ0) is 28.5. The Balaban J connectivity index is 1.80. The van der Waals surface area contributed by atoms with Gasteiger partial charge in [-0.1, -0.05) is 13.0 Å². The van der Waals surface area contributed by atoms with E-state index in [4.69, 9.17) is 9.84 Å². The van der Waals surface area contributed by atoms with Crippen LogP contribution in [0.4, 0.5) is 17.6 Å². The summed E-state index contributed by atoms with van der Waals surface area (Å²) in [5, 5.41) is 11.6. The van der Waals surface area contributed by atoms with E-state index in [1.165, 1.54) is 39.3 Å². The molecule has 3 aromatic rings. The maximum Gasteiger partial charge on any atom is 0.422 e. The minimum Gasteiger partial charge on any atom is -0.481 e. The van der Waals surface area contributed by atoms with Crippen LogP contribution >= 0.6 is 0 Å². The molecule has 39 heavy (non-hydrogen) atoms. The molecule has 0 aliphatic carbocycles. The van der Waals surface area contributed by atoms with Crippen LogP contribution in [0, 0.1) is 5.82 Å². The minimum absolute atomic E-state index is 0.180. The Kier molecular flexibility index (Phi) is 8.00. The number of halogens is 4. The Bertz CT molecular complexity index is 1460.